The number of nitrogens with one attached hydrogen (secondary N) is 1. The van der Waals surface area contributed by atoms with Crippen molar-refractivity contribution in [2.45, 2.75) is 33.6 Å². The molecule has 3 amide bonds. The third-order valence-corrected chi connectivity index (χ3v) is 6.40. The lowest BCUT2D eigenvalue weighted by molar-refractivity contribution is -0.121. The second-order valence-electron chi connectivity index (χ2n) is 8.83. The molecule has 2 heterocycles. The quantitative estimate of drug-likeness (QED) is 0.687. The molecule has 7 heteroatoms. The number of carbonyl (C=O) groups excluding carboxylic acids is 3. The van der Waals surface area contributed by atoms with Gasteiger partial charge in [-0.3, -0.25) is 14.4 Å². The van der Waals surface area contributed by atoms with E-state index in [9.17, 15) is 19.5 Å². The van der Waals surface area contributed by atoms with E-state index < -0.39 is 0 Å². The summed E-state index contributed by atoms with van der Waals surface area (Å²) in [7, 11) is 0. The number of carbonyl (C=O) groups is 3. The molecule has 2 aromatic rings. The first-order valence-electron chi connectivity index (χ1n) is 11.2. The van der Waals surface area contributed by atoms with Gasteiger partial charge >= 0.3 is 0 Å². The van der Waals surface area contributed by atoms with Crippen LogP contribution in [0.15, 0.2) is 48.2 Å². The molecule has 7 nitrogen and oxygen atoms in total. The Labute approximate surface area is 193 Å². The lowest BCUT2D eigenvalue weighted by Crippen LogP contribution is -2.40. The van der Waals surface area contributed by atoms with Crippen molar-refractivity contribution in [3.63, 3.8) is 0 Å². The summed E-state index contributed by atoms with van der Waals surface area (Å²) in [6, 6.07) is 12.5. The number of hydrogen-bond donors (Lipinski definition) is 2. The standard InChI is InChI=1S/C26H29N3O4/c1-16-6-11-22(13-17(16)2)29-25(32)23(20-7-9-21(10-8-20)27-18(3)31)24(26(29)33)28-12-4-5-19(14-28)15-30/h6-11,13,19,30H,4-5,12,14-15H2,1-3H3,(H,27,31). The lowest BCUT2D eigenvalue weighted by Gasteiger charge is -2.34. The Hall–Kier alpha value is -3.45. The fourth-order valence-corrected chi connectivity index (χ4v) is 4.51. The molecular weight excluding hydrogens is 418 g/mol. The molecule has 0 aromatic heterocycles. The smallest absolute Gasteiger partial charge is 0.282 e. The van der Waals surface area contributed by atoms with Crippen LogP contribution in [0.1, 0.15) is 36.5 Å². The molecule has 0 radical (unpaired) electrons. The van der Waals surface area contributed by atoms with Crippen molar-refractivity contribution in [1.29, 1.82) is 0 Å². The SMILES string of the molecule is CC(=O)Nc1ccc(C2=C(N3CCCC(CO)C3)C(=O)N(c3ccc(C)c(C)c3)C2=O)cc1. The number of aliphatic hydroxyl groups is 1. The first-order valence-corrected chi connectivity index (χ1v) is 11.2. The van der Waals surface area contributed by atoms with Gasteiger partial charge < -0.3 is 15.3 Å². The number of likely N-dealkylation sites (tertiary alicyclic amines) is 1. The third-order valence-electron chi connectivity index (χ3n) is 6.40. The highest BCUT2D eigenvalue weighted by Gasteiger charge is 2.43. The molecule has 2 N–H and O–H groups in total. The Balaban J connectivity index is 1.78. The van der Waals surface area contributed by atoms with Crippen LogP contribution in [0.25, 0.3) is 5.57 Å². The van der Waals surface area contributed by atoms with Crippen LogP contribution >= 0.6 is 0 Å². The van der Waals surface area contributed by atoms with E-state index in [0.717, 1.165) is 24.0 Å². The van der Waals surface area contributed by atoms with E-state index in [2.05, 4.69) is 5.32 Å². The predicted molar refractivity (Wildman–Crippen MR) is 127 cm³/mol. The Bertz CT molecular complexity index is 1140. The van der Waals surface area contributed by atoms with E-state index in [0.29, 0.717) is 41.3 Å². The predicted octanol–water partition coefficient (Wildman–Crippen LogP) is 3.25. The van der Waals surface area contributed by atoms with Crippen LogP contribution in [0.4, 0.5) is 11.4 Å². The van der Waals surface area contributed by atoms with Gasteiger partial charge in [0.05, 0.1) is 11.3 Å². The molecule has 0 spiro atoms. The summed E-state index contributed by atoms with van der Waals surface area (Å²) in [5.74, 6) is -0.827. The highest BCUT2D eigenvalue weighted by molar-refractivity contribution is 6.45. The summed E-state index contributed by atoms with van der Waals surface area (Å²) in [6.07, 6.45) is 1.73. The number of aliphatic hydroxyl groups excluding tert-OH is 1. The molecule has 33 heavy (non-hydrogen) atoms. The van der Waals surface area contributed by atoms with E-state index in [-0.39, 0.29) is 30.2 Å². The molecule has 1 atom stereocenters. The van der Waals surface area contributed by atoms with Crippen molar-refractivity contribution in [1.82, 2.24) is 4.90 Å². The van der Waals surface area contributed by atoms with Gasteiger partial charge in [0.25, 0.3) is 11.8 Å². The summed E-state index contributed by atoms with van der Waals surface area (Å²) < 4.78 is 0. The molecule has 4 rings (SSSR count). The second kappa shape index (κ2) is 9.19. The largest absolute Gasteiger partial charge is 0.396 e. The van der Waals surface area contributed by atoms with Gasteiger partial charge in [-0.2, -0.15) is 0 Å². The van der Waals surface area contributed by atoms with Crippen molar-refractivity contribution in [3.8, 4) is 0 Å². The van der Waals surface area contributed by atoms with Crippen LogP contribution in [-0.4, -0.2) is 47.4 Å². The highest BCUT2D eigenvalue weighted by atomic mass is 16.3. The van der Waals surface area contributed by atoms with E-state index in [4.69, 9.17) is 0 Å². The third kappa shape index (κ3) is 4.41. The van der Waals surface area contributed by atoms with Crippen molar-refractivity contribution in [2.24, 2.45) is 5.92 Å². The Morgan fingerprint density at radius 1 is 1.06 bits per heavy atom. The van der Waals surface area contributed by atoms with Crippen molar-refractivity contribution in [2.75, 3.05) is 29.9 Å². The average molecular weight is 448 g/mol. The van der Waals surface area contributed by atoms with Crippen LogP contribution < -0.4 is 10.2 Å². The van der Waals surface area contributed by atoms with Gasteiger partial charge in [-0.1, -0.05) is 18.2 Å². The first-order chi connectivity index (χ1) is 15.8. The van der Waals surface area contributed by atoms with Crippen LogP contribution in [-0.2, 0) is 14.4 Å². The molecule has 2 aliphatic heterocycles. The number of amides is 3. The van der Waals surface area contributed by atoms with Crippen LogP contribution in [0.3, 0.4) is 0 Å². The number of imide groups is 1. The van der Waals surface area contributed by atoms with Gasteiger partial charge in [0.1, 0.15) is 5.70 Å². The van der Waals surface area contributed by atoms with E-state index >= 15 is 0 Å². The summed E-state index contributed by atoms with van der Waals surface area (Å²) in [6.45, 7) is 6.60. The molecular formula is C26H29N3O4. The molecule has 1 unspecified atom stereocenters. The molecule has 0 bridgehead atoms. The zero-order valence-electron chi connectivity index (χ0n) is 19.2. The van der Waals surface area contributed by atoms with Crippen LogP contribution in [0, 0.1) is 19.8 Å². The van der Waals surface area contributed by atoms with Gasteiger partial charge in [-0.25, -0.2) is 4.90 Å². The van der Waals surface area contributed by atoms with E-state index in [1.807, 2.05) is 30.9 Å². The number of rotatable bonds is 5. The van der Waals surface area contributed by atoms with Gasteiger partial charge in [-0.15, -0.1) is 0 Å². The fourth-order valence-electron chi connectivity index (χ4n) is 4.51. The summed E-state index contributed by atoms with van der Waals surface area (Å²) >= 11 is 0. The average Bonchev–Trinajstić information content (AvgIpc) is 3.06. The van der Waals surface area contributed by atoms with Crippen molar-refractivity contribution >= 4 is 34.7 Å². The summed E-state index contributed by atoms with van der Waals surface area (Å²) in [4.78, 5) is 41.9. The van der Waals surface area contributed by atoms with Gasteiger partial charge in [0, 0.05) is 32.3 Å². The zero-order chi connectivity index (χ0) is 23.7. The van der Waals surface area contributed by atoms with E-state index in [1.54, 1.807) is 30.3 Å². The second-order valence-corrected chi connectivity index (χ2v) is 8.83. The number of nitrogens with zero attached hydrogens (tertiary/aromatic N) is 2. The first kappa shape index (κ1) is 22.7. The van der Waals surface area contributed by atoms with E-state index in [1.165, 1.54) is 11.8 Å². The molecule has 1 saturated heterocycles. The maximum atomic E-state index is 13.7. The molecule has 2 aliphatic rings. The molecule has 2 aromatic carbocycles. The van der Waals surface area contributed by atoms with Gasteiger partial charge in [0.15, 0.2) is 0 Å². The Kier molecular flexibility index (Phi) is 6.33. The summed E-state index contributed by atoms with van der Waals surface area (Å²) in [5.41, 5.74) is 4.60. The maximum Gasteiger partial charge on any atom is 0.282 e. The minimum atomic E-state index is -0.364. The Morgan fingerprint density at radius 2 is 1.79 bits per heavy atom. The number of benzene rings is 2. The highest BCUT2D eigenvalue weighted by Crippen LogP contribution is 2.37. The fraction of sp³-hybridized carbons (Fsp3) is 0.346. The number of anilines is 2. The number of piperidine rings is 1. The lowest BCUT2D eigenvalue weighted by atomic mass is 9.97. The zero-order valence-corrected chi connectivity index (χ0v) is 19.2. The molecule has 0 saturated carbocycles. The molecule has 1 fully saturated rings. The minimum Gasteiger partial charge on any atom is -0.396 e. The number of aryl methyl sites for hydroxylation is 2. The van der Waals surface area contributed by atoms with Gasteiger partial charge in [0.2, 0.25) is 5.91 Å². The maximum absolute atomic E-state index is 13.7. The van der Waals surface area contributed by atoms with Crippen LogP contribution in [0.5, 0.6) is 0 Å². The normalized spacial score (nSPS) is 18.8. The van der Waals surface area contributed by atoms with Gasteiger partial charge in [-0.05, 0) is 73.6 Å². The van der Waals surface area contributed by atoms with Crippen molar-refractivity contribution < 1.29 is 19.5 Å². The van der Waals surface area contributed by atoms with Crippen LogP contribution in [0.2, 0.25) is 0 Å². The monoisotopic (exact) mass is 447 g/mol. The molecule has 172 valence electrons. The number of hydrogen-bond acceptors (Lipinski definition) is 5. The Morgan fingerprint density at radius 3 is 2.42 bits per heavy atom. The molecule has 0 aliphatic carbocycles. The minimum absolute atomic E-state index is 0.0491. The van der Waals surface area contributed by atoms with Crippen molar-refractivity contribution in [3.05, 3.63) is 64.9 Å². The summed E-state index contributed by atoms with van der Waals surface area (Å²) in [5, 5.41) is 12.4. The topological polar surface area (TPSA) is 90.0 Å².